The molecular formula is C17H21NO2S. The molecule has 0 bridgehead atoms. The normalized spacial score (nSPS) is 11.8. The fourth-order valence-electron chi connectivity index (χ4n) is 2.09. The average Bonchev–Trinajstić information content (AvgIpc) is 2.48. The monoisotopic (exact) mass is 303 g/mol. The molecule has 2 aromatic carbocycles. The minimum absolute atomic E-state index is 0.319. The van der Waals surface area contributed by atoms with Crippen molar-refractivity contribution in [3.63, 3.8) is 0 Å². The van der Waals surface area contributed by atoms with Gasteiger partial charge in [0.05, 0.1) is 4.90 Å². The maximum absolute atomic E-state index is 12.2. The van der Waals surface area contributed by atoms with Gasteiger partial charge in [0.1, 0.15) is 0 Å². The van der Waals surface area contributed by atoms with Crippen LogP contribution in [-0.2, 0) is 16.4 Å². The molecule has 0 radical (unpaired) electrons. The van der Waals surface area contributed by atoms with Crippen LogP contribution in [0.1, 0.15) is 30.9 Å². The van der Waals surface area contributed by atoms with Crippen molar-refractivity contribution in [1.29, 1.82) is 0 Å². The molecule has 112 valence electrons. The smallest absolute Gasteiger partial charge is 0.211 e. The Kier molecular flexibility index (Phi) is 5.15. The lowest BCUT2D eigenvalue weighted by Crippen LogP contribution is -2.26. The molecule has 2 aromatic rings. The standard InChI is InChI=1S/C17H21NO2S/c1-14(2)16-8-10-17(11-9-16)21(19,20)18-13-12-15-6-4-3-5-7-15/h3-11,14,18H,12-13H2,1-2H3. The lowest BCUT2D eigenvalue weighted by Gasteiger charge is -2.09. The van der Waals surface area contributed by atoms with E-state index in [4.69, 9.17) is 0 Å². The second-order valence-electron chi connectivity index (χ2n) is 5.36. The van der Waals surface area contributed by atoms with Crippen molar-refractivity contribution in [3.05, 3.63) is 65.7 Å². The molecule has 0 saturated heterocycles. The minimum Gasteiger partial charge on any atom is -0.211 e. The highest BCUT2D eigenvalue weighted by atomic mass is 32.2. The zero-order valence-corrected chi connectivity index (χ0v) is 13.2. The summed E-state index contributed by atoms with van der Waals surface area (Å²) in [5, 5.41) is 0. The Morgan fingerprint density at radius 2 is 1.57 bits per heavy atom. The first-order valence-corrected chi connectivity index (χ1v) is 8.61. The fourth-order valence-corrected chi connectivity index (χ4v) is 3.12. The number of nitrogens with one attached hydrogen (secondary N) is 1. The van der Waals surface area contributed by atoms with Gasteiger partial charge in [0.25, 0.3) is 0 Å². The van der Waals surface area contributed by atoms with Gasteiger partial charge >= 0.3 is 0 Å². The molecule has 0 aromatic heterocycles. The predicted octanol–water partition coefficient (Wildman–Crippen LogP) is 3.33. The van der Waals surface area contributed by atoms with E-state index in [9.17, 15) is 8.42 Å². The molecular weight excluding hydrogens is 282 g/mol. The fraction of sp³-hybridized carbons (Fsp3) is 0.294. The van der Waals surface area contributed by atoms with E-state index in [0.29, 0.717) is 23.8 Å². The topological polar surface area (TPSA) is 46.2 Å². The van der Waals surface area contributed by atoms with Crippen molar-refractivity contribution in [2.24, 2.45) is 0 Å². The van der Waals surface area contributed by atoms with Crippen LogP contribution in [0.25, 0.3) is 0 Å². The number of sulfonamides is 1. The molecule has 3 nitrogen and oxygen atoms in total. The van der Waals surface area contributed by atoms with Gasteiger partial charge in [-0.1, -0.05) is 56.3 Å². The quantitative estimate of drug-likeness (QED) is 0.889. The molecule has 4 heteroatoms. The van der Waals surface area contributed by atoms with Gasteiger partial charge in [0, 0.05) is 6.54 Å². The maximum Gasteiger partial charge on any atom is 0.240 e. The summed E-state index contributed by atoms with van der Waals surface area (Å²) >= 11 is 0. The summed E-state index contributed by atoms with van der Waals surface area (Å²) in [5.74, 6) is 0.396. The van der Waals surface area contributed by atoms with Crippen LogP contribution in [0.4, 0.5) is 0 Å². The number of hydrogen-bond donors (Lipinski definition) is 1. The van der Waals surface area contributed by atoms with Crippen LogP contribution in [0.5, 0.6) is 0 Å². The zero-order valence-electron chi connectivity index (χ0n) is 12.4. The summed E-state index contributed by atoms with van der Waals surface area (Å²) in [6, 6.07) is 16.9. The Morgan fingerprint density at radius 1 is 0.952 bits per heavy atom. The van der Waals surface area contributed by atoms with E-state index < -0.39 is 10.0 Å². The summed E-state index contributed by atoms with van der Waals surface area (Å²) in [6.07, 6.45) is 0.685. The van der Waals surface area contributed by atoms with Gasteiger partial charge in [-0.3, -0.25) is 0 Å². The highest BCUT2D eigenvalue weighted by Gasteiger charge is 2.13. The van der Waals surface area contributed by atoms with Gasteiger partial charge in [-0.2, -0.15) is 0 Å². The Bertz CT molecular complexity index is 662. The van der Waals surface area contributed by atoms with Crippen molar-refractivity contribution in [1.82, 2.24) is 4.72 Å². The van der Waals surface area contributed by atoms with Gasteiger partial charge in [0.2, 0.25) is 10.0 Å². The number of rotatable bonds is 6. The molecule has 0 atom stereocenters. The first-order chi connectivity index (χ1) is 9.99. The highest BCUT2D eigenvalue weighted by Crippen LogP contribution is 2.17. The molecule has 0 unspecified atom stereocenters. The zero-order chi connectivity index (χ0) is 15.3. The molecule has 0 spiro atoms. The third-order valence-electron chi connectivity index (χ3n) is 3.41. The molecule has 0 amide bonds. The van der Waals surface area contributed by atoms with Crippen molar-refractivity contribution in [3.8, 4) is 0 Å². The summed E-state index contributed by atoms with van der Waals surface area (Å²) in [7, 11) is -3.42. The average molecular weight is 303 g/mol. The molecule has 21 heavy (non-hydrogen) atoms. The molecule has 0 aliphatic carbocycles. The Hall–Kier alpha value is -1.65. The summed E-state index contributed by atoms with van der Waals surface area (Å²) in [5.41, 5.74) is 2.26. The Morgan fingerprint density at radius 3 is 2.14 bits per heavy atom. The summed E-state index contributed by atoms with van der Waals surface area (Å²) in [4.78, 5) is 0.319. The van der Waals surface area contributed by atoms with Crippen LogP contribution in [0.15, 0.2) is 59.5 Å². The third kappa shape index (κ3) is 4.41. The maximum atomic E-state index is 12.2. The van der Waals surface area contributed by atoms with Crippen LogP contribution in [0.3, 0.4) is 0 Å². The molecule has 0 saturated carbocycles. The Balaban J connectivity index is 1.98. The van der Waals surface area contributed by atoms with E-state index in [-0.39, 0.29) is 0 Å². The van der Waals surface area contributed by atoms with Crippen molar-refractivity contribution < 1.29 is 8.42 Å². The molecule has 0 heterocycles. The van der Waals surface area contributed by atoms with E-state index >= 15 is 0 Å². The van der Waals surface area contributed by atoms with Gasteiger partial charge < -0.3 is 0 Å². The molecule has 0 fully saturated rings. The van der Waals surface area contributed by atoms with E-state index in [1.54, 1.807) is 12.1 Å². The summed E-state index contributed by atoms with van der Waals surface area (Å²) < 4.78 is 27.0. The van der Waals surface area contributed by atoms with E-state index in [0.717, 1.165) is 11.1 Å². The summed E-state index contributed by atoms with van der Waals surface area (Å²) in [6.45, 7) is 4.57. The molecule has 0 aliphatic heterocycles. The first kappa shape index (κ1) is 15.7. The van der Waals surface area contributed by atoms with Crippen molar-refractivity contribution >= 4 is 10.0 Å². The largest absolute Gasteiger partial charge is 0.240 e. The van der Waals surface area contributed by atoms with Crippen molar-refractivity contribution in [2.75, 3.05) is 6.54 Å². The van der Waals surface area contributed by atoms with Gasteiger partial charge in [-0.05, 0) is 35.6 Å². The second kappa shape index (κ2) is 6.87. The van der Waals surface area contributed by atoms with Gasteiger partial charge in [0.15, 0.2) is 0 Å². The van der Waals surface area contributed by atoms with Crippen LogP contribution >= 0.6 is 0 Å². The first-order valence-electron chi connectivity index (χ1n) is 7.12. The van der Waals surface area contributed by atoms with Crippen LogP contribution in [-0.4, -0.2) is 15.0 Å². The van der Waals surface area contributed by atoms with E-state index in [2.05, 4.69) is 18.6 Å². The van der Waals surface area contributed by atoms with Gasteiger partial charge in [-0.15, -0.1) is 0 Å². The Labute approximate surface area is 127 Å². The van der Waals surface area contributed by atoms with Crippen LogP contribution in [0, 0.1) is 0 Å². The lowest BCUT2D eigenvalue weighted by molar-refractivity contribution is 0.581. The number of hydrogen-bond acceptors (Lipinski definition) is 2. The van der Waals surface area contributed by atoms with Crippen LogP contribution < -0.4 is 4.72 Å². The number of benzene rings is 2. The van der Waals surface area contributed by atoms with Gasteiger partial charge in [-0.25, -0.2) is 13.1 Å². The molecule has 2 rings (SSSR count). The minimum atomic E-state index is -3.42. The molecule has 1 N–H and O–H groups in total. The predicted molar refractivity (Wildman–Crippen MR) is 85.9 cm³/mol. The lowest BCUT2D eigenvalue weighted by atomic mass is 10.0. The van der Waals surface area contributed by atoms with E-state index in [1.165, 1.54) is 0 Å². The van der Waals surface area contributed by atoms with Crippen molar-refractivity contribution in [2.45, 2.75) is 31.1 Å². The SMILES string of the molecule is CC(C)c1ccc(S(=O)(=O)NCCc2ccccc2)cc1. The highest BCUT2D eigenvalue weighted by molar-refractivity contribution is 7.89. The van der Waals surface area contributed by atoms with E-state index in [1.807, 2.05) is 42.5 Å². The second-order valence-corrected chi connectivity index (χ2v) is 7.12. The third-order valence-corrected chi connectivity index (χ3v) is 4.88. The molecule has 0 aliphatic rings. The van der Waals surface area contributed by atoms with Crippen LogP contribution in [0.2, 0.25) is 0 Å².